The van der Waals surface area contributed by atoms with Crippen molar-refractivity contribution in [2.24, 2.45) is 0 Å². The van der Waals surface area contributed by atoms with Crippen molar-refractivity contribution < 1.29 is 55.3 Å². The number of rotatable bonds is 4. The van der Waals surface area contributed by atoms with Gasteiger partial charge in [0.2, 0.25) is 0 Å². The van der Waals surface area contributed by atoms with Gasteiger partial charge in [-0.3, -0.25) is 20.2 Å². The first-order valence-electron chi connectivity index (χ1n) is 6.23. The van der Waals surface area contributed by atoms with Gasteiger partial charge in [-0.25, -0.2) is 16.8 Å². The summed E-state index contributed by atoms with van der Waals surface area (Å²) in [6.45, 7) is 0. The monoisotopic (exact) mass is 468 g/mol. The fourth-order valence-corrected chi connectivity index (χ4v) is 2.53. The van der Waals surface area contributed by atoms with Crippen molar-refractivity contribution in [2.75, 3.05) is 0 Å². The first kappa shape index (κ1) is 24.7. The minimum atomic E-state index is -4.61. The van der Waals surface area contributed by atoms with E-state index in [0.29, 0.717) is 0 Å². The predicted molar refractivity (Wildman–Crippen MR) is 82.1 cm³/mol. The van der Waals surface area contributed by atoms with Crippen molar-refractivity contribution in [3.8, 4) is 0 Å². The summed E-state index contributed by atoms with van der Waals surface area (Å²) in [5, 5.41) is 20.4. The molecular formula is C12H8N2O10S2Zn. The molecule has 0 saturated carbocycles. The maximum Gasteiger partial charge on any atom is 2.00 e. The molecule has 140 valence electrons. The van der Waals surface area contributed by atoms with Gasteiger partial charge < -0.3 is 9.11 Å². The molecule has 12 nitrogen and oxygen atoms in total. The third kappa shape index (κ3) is 7.84. The summed E-state index contributed by atoms with van der Waals surface area (Å²) in [5.41, 5.74) is -0.839. The Bertz CT molecular complexity index is 968. The fourth-order valence-electron chi connectivity index (χ4n) is 1.51. The van der Waals surface area contributed by atoms with Crippen molar-refractivity contribution in [3.05, 3.63) is 68.8 Å². The minimum Gasteiger partial charge on any atom is -0.744 e. The predicted octanol–water partition coefficient (Wildman–Crippen LogP) is 0.995. The molecule has 0 aromatic heterocycles. The van der Waals surface area contributed by atoms with Crippen LogP contribution < -0.4 is 0 Å². The number of non-ortho nitro benzene ring substituents is 2. The van der Waals surface area contributed by atoms with E-state index in [9.17, 15) is 46.2 Å². The SMILES string of the molecule is O=[N+]([O-])c1cccc(S(=O)(=O)[O-])c1.O=[N+]([O-])c1cccc(S(=O)(=O)[O-])c1.[Zn+2]. The maximum absolute atomic E-state index is 10.4. The number of hydrogen-bond acceptors (Lipinski definition) is 10. The van der Waals surface area contributed by atoms with Crippen LogP contribution >= 0.6 is 0 Å². The Kier molecular flexibility index (Phi) is 8.75. The van der Waals surface area contributed by atoms with Crippen molar-refractivity contribution in [3.63, 3.8) is 0 Å². The van der Waals surface area contributed by atoms with E-state index in [4.69, 9.17) is 0 Å². The number of hydrogen-bond donors (Lipinski definition) is 0. The van der Waals surface area contributed by atoms with Crippen molar-refractivity contribution >= 4 is 31.6 Å². The molecule has 0 spiro atoms. The summed E-state index contributed by atoms with van der Waals surface area (Å²) in [7, 11) is -9.23. The van der Waals surface area contributed by atoms with Crippen LogP contribution in [0.5, 0.6) is 0 Å². The van der Waals surface area contributed by atoms with E-state index < -0.39 is 51.2 Å². The fraction of sp³-hybridized carbons (Fsp3) is 0. The van der Waals surface area contributed by atoms with E-state index in [1.54, 1.807) is 0 Å². The van der Waals surface area contributed by atoms with E-state index in [2.05, 4.69) is 0 Å². The Hall–Kier alpha value is -2.32. The molecule has 0 saturated heterocycles. The molecule has 27 heavy (non-hydrogen) atoms. The van der Waals surface area contributed by atoms with Gasteiger partial charge in [0.15, 0.2) is 0 Å². The molecule has 0 unspecified atom stereocenters. The van der Waals surface area contributed by atoms with Crippen LogP contribution in [0.25, 0.3) is 0 Å². The zero-order valence-electron chi connectivity index (χ0n) is 13.1. The van der Waals surface area contributed by atoms with Crippen LogP contribution in [0, 0.1) is 20.2 Å². The number of benzene rings is 2. The van der Waals surface area contributed by atoms with Gasteiger partial charge in [-0.05, 0) is 12.1 Å². The Morgan fingerprint density at radius 1 is 0.667 bits per heavy atom. The quantitative estimate of drug-likeness (QED) is 0.269. The molecule has 0 amide bonds. The van der Waals surface area contributed by atoms with Gasteiger partial charge >= 0.3 is 19.5 Å². The topological polar surface area (TPSA) is 201 Å². The van der Waals surface area contributed by atoms with E-state index in [-0.39, 0.29) is 19.5 Å². The summed E-state index contributed by atoms with van der Waals surface area (Å²) in [6.07, 6.45) is 0. The summed E-state index contributed by atoms with van der Waals surface area (Å²) >= 11 is 0. The van der Waals surface area contributed by atoms with E-state index in [1.165, 1.54) is 0 Å². The van der Waals surface area contributed by atoms with E-state index in [1.807, 2.05) is 0 Å². The molecule has 0 aliphatic carbocycles. The third-order valence-corrected chi connectivity index (χ3v) is 4.30. The van der Waals surface area contributed by atoms with E-state index >= 15 is 0 Å². The number of nitrogens with zero attached hydrogens (tertiary/aromatic N) is 2. The average Bonchev–Trinajstić information content (AvgIpc) is 2.54. The zero-order chi connectivity index (χ0) is 20.1. The Balaban J connectivity index is 0.000000483. The van der Waals surface area contributed by atoms with Gasteiger partial charge in [0.05, 0.1) is 19.6 Å². The molecule has 2 aromatic rings. The molecule has 0 aliphatic heterocycles. The van der Waals surface area contributed by atoms with Crippen LogP contribution in [0.15, 0.2) is 58.3 Å². The van der Waals surface area contributed by atoms with Crippen LogP contribution in [0.1, 0.15) is 0 Å². The Morgan fingerprint density at radius 2 is 0.963 bits per heavy atom. The van der Waals surface area contributed by atoms with Gasteiger partial charge in [-0.2, -0.15) is 0 Å². The van der Waals surface area contributed by atoms with Gasteiger partial charge in [0.1, 0.15) is 20.2 Å². The maximum atomic E-state index is 10.4. The first-order chi connectivity index (χ1) is 11.8. The number of nitro groups is 2. The van der Waals surface area contributed by atoms with Crippen LogP contribution in [-0.2, 0) is 39.7 Å². The molecular weight excluding hydrogens is 462 g/mol. The Labute approximate surface area is 165 Å². The van der Waals surface area contributed by atoms with Crippen molar-refractivity contribution in [1.82, 2.24) is 0 Å². The summed E-state index contributed by atoms with van der Waals surface area (Å²) in [4.78, 5) is 17.6. The van der Waals surface area contributed by atoms with Crippen molar-refractivity contribution in [1.29, 1.82) is 0 Å². The second kappa shape index (κ2) is 9.57. The normalized spacial score (nSPS) is 10.7. The molecule has 0 atom stereocenters. The van der Waals surface area contributed by atoms with Crippen LogP contribution in [0.2, 0.25) is 0 Å². The zero-order valence-corrected chi connectivity index (χ0v) is 17.7. The molecule has 15 heteroatoms. The van der Waals surface area contributed by atoms with Gasteiger partial charge in [-0.15, -0.1) is 0 Å². The van der Waals surface area contributed by atoms with Crippen LogP contribution in [0.4, 0.5) is 11.4 Å². The molecule has 0 bridgehead atoms. The van der Waals surface area contributed by atoms with Gasteiger partial charge in [-0.1, -0.05) is 12.1 Å². The van der Waals surface area contributed by atoms with Crippen LogP contribution in [0.3, 0.4) is 0 Å². The molecule has 2 aromatic carbocycles. The van der Waals surface area contributed by atoms with Crippen molar-refractivity contribution in [2.45, 2.75) is 9.79 Å². The molecule has 0 fully saturated rings. The Morgan fingerprint density at radius 3 is 1.19 bits per heavy atom. The summed E-state index contributed by atoms with van der Waals surface area (Å²) in [6, 6.07) is 7.96. The summed E-state index contributed by atoms with van der Waals surface area (Å²) in [5.74, 6) is 0. The van der Waals surface area contributed by atoms with E-state index in [0.717, 1.165) is 48.5 Å². The smallest absolute Gasteiger partial charge is 0.744 e. The van der Waals surface area contributed by atoms with Crippen LogP contribution in [-0.4, -0.2) is 35.8 Å². The van der Waals surface area contributed by atoms with Gasteiger partial charge in [0.25, 0.3) is 11.4 Å². The largest absolute Gasteiger partial charge is 2.00 e. The average molecular weight is 470 g/mol. The summed E-state index contributed by atoms with van der Waals surface area (Å²) < 4.78 is 62.6. The molecule has 2 rings (SSSR count). The standard InChI is InChI=1S/2C6H5NO5S.Zn/c2*8-7(9)5-2-1-3-6(4-5)13(10,11)12;/h2*1-4H,(H,10,11,12);/q;;+2/p-2. The second-order valence-electron chi connectivity index (χ2n) is 4.42. The van der Waals surface area contributed by atoms with Gasteiger partial charge in [0, 0.05) is 24.3 Å². The molecule has 0 aliphatic rings. The minimum absolute atomic E-state index is 0. The molecule has 0 radical (unpaired) electrons. The second-order valence-corrected chi connectivity index (χ2v) is 7.18. The third-order valence-electron chi connectivity index (χ3n) is 2.63. The molecule has 0 N–H and O–H groups in total. The number of nitro benzene ring substituents is 2. The first-order valence-corrected chi connectivity index (χ1v) is 9.04. The molecule has 0 heterocycles.